The van der Waals surface area contributed by atoms with Crippen molar-refractivity contribution in [2.45, 2.75) is 71.4 Å². The fourth-order valence-electron chi connectivity index (χ4n) is 7.46. The van der Waals surface area contributed by atoms with Crippen LogP contribution >= 0.6 is 0 Å². The Bertz CT molecular complexity index is 1360. The summed E-state index contributed by atoms with van der Waals surface area (Å²) in [4.78, 5) is 20.0. The summed E-state index contributed by atoms with van der Waals surface area (Å²) in [6.45, 7) is 8.52. The molecule has 10 heteroatoms. The molecule has 4 N–H and O–H groups in total. The fourth-order valence-corrected chi connectivity index (χ4v) is 8.02. The number of hydrogen-bond acceptors (Lipinski definition) is 7. The summed E-state index contributed by atoms with van der Waals surface area (Å²) >= 11 is 0. The van der Waals surface area contributed by atoms with E-state index in [9.17, 15) is 23.4 Å². The Kier molecular flexibility index (Phi) is 8.26. The zero-order chi connectivity index (χ0) is 29.7. The minimum absolute atomic E-state index is 0.0763. The molecule has 0 unspecified atom stereocenters. The molecular weight excluding hydrogens is 542 g/mol. The molecule has 4 aliphatic rings. The lowest BCUT2D eigenvalue weighted by molar-refractivity contribution is -0.183. The van der Waals surface area contributed by atoms with Crippen molar-refractivity contribution in [3.8, 4) is 11.1 Å². The van der Waals surface area contributed by atoms with E-state index < -0.39 is 34.2 Å². The molecule has 0 spiro atoms. The summed E-state index contributed by atoms with van der Waals surface area (Å²) in [5, 5.41) is 25.7. The molecule has 2 aromatic carbocycles. The molecule has 1 saturated heterocycles. The van der Waals surface area contributed by atoms with Gasteiger partial charge in [-0.2, -0.15) is 5.06 Å². The van der Waals surface area contributed by atoms with Crippen LogP contribution in [-0.4, -0.2) is 66.8 Å². The van der Waals surface area contributed by atoms with Crippen molar-refractivity contribution < 1.29 is 28.3 Å². The van der Waals surface area contributed by atoms with Crippen LogP contribution in [0.1, 0.15) is 46.1 Å². The van der Waals surface area contributed by atoms with E-state index in [0.29, 0.717) is 28.9 Å². The minimum Gasteiger partial charge on any atom is -0.394 e. The number of benzene rings is 2. The second-order valence-corrected chi connectivity index (χ2v) is 14.6. The first kappa shape index (κ1) is 30.0. The number of aliphatic hydroxyl groups excluding tert-OH is 2. The van der Waals surface area contributed by atoms with Gasteiger partial charge >= 0.3 is 0 Å². The smallest absolute Gasteiger partial charge is 0.240 e. The molecule has 1 aliphatic heterocycles. The quantitative estimate of drug-likeness (QED) is 0.355. The summed E-state index contributed by atoms with van der Waals surface area (Å²) < 4.78 is 25.5. The van der Waals surface area contributed by atoms with Gasteiger partial charge < -0.3 is 15.5 Å². The largest absolute Gasteiger partial charge is 0.394 e. The highest BCUT2D eigenvalue weighted by molar-refractivity contribution is 7.92. The highest BCUT2D eigenvalue weighted by Gasteiger charge is 2.57. The van der Waals surface area contributed by atoms with E-state index in [2.05, 4.69) is 30.8 Å². The number of nitrogens with zero attached hydrogens (tertiary/aromatic N) is 1. The molecule has 0 aromatic heterocycles. The van der Waals surface area contributed by atoms with Crippen molar-refractivity contribution in [1.82, 2.24) is 10.4 Å². The van der Waals surface area contributed by atoms with Crippen molar-refractivity contribution in [1.29, 1.82) is 0 Å². The number of anilines is 1. The third-order valence-corrected chi connectivity index (χ3v) is 10.5. The second kappa shape index (κ2) is 11.3. The predicted octanol–water partition coefficient (Wildman–Crippen LogP) is 3.39. The predicted molar refractivity (Wildman–Crippen MR) is 158 cm³/mol. The molecule has 1 heterocycles. The third kappa shape index (κ3) is 6.03. The maximum atomic E-state index is 13.9. The number of sulfonamides is 1. The molecule has 3 saturated carbocycles. The van der Waals surface area contributed by atoms with Crippen molar-refractivity contribution >= 4 is 21.6 Å². The van der Waals surface area contributed by atoms with E-state index in [1.807, 2.05) is 36.4 Å². The van der Waals surface area contributed by atoms with Crippen LogP contribution in [0.3, 0.4) is 0 Å². The number of rotatable bonds is 9. The first-order chi connectivity index (χ1) is 19.3. The van der Waals surface area contributed by atoms with Gasteiger partial charge in [0, 0.05) is 17.6 Å². The Hall–Kier alpha value is -2.50. The first-order valence-corrected chi connectivity index (χ1v) is 16.4. The summed E-state index contributed by atoms with van der Waals surface area (Å²) in [6, 6.07) is 14.3. The molecule has 1 amide bonds. The Balaban J connectivity index is 1.34. The topological polar surface area (TPSA) is 128 Å². The molecule has 3 aliphatic carbocycles. The molecular formula is C31H43N3O6S. The lowest BCUT2D eigenvalue weighted by atomic mass is 9.45. The van der Waals surface area contributed by atoms with Crippen LogP contribution in [0.15, 0.2) is 48.5 Å². The van der Waals surface area contributed by atoms with Crippen LogP contribution in [0.4, 0.5) is 5.69 Å². The first-order valence-electron chi connectivity index (χ1n) is 14.5. The number of aliphatic hydroxyl groups is 2. The number of fused-ring (bicyclic) bond motifs is 2. The lowest BCUT2D eigenvalue weighted by Crippen LogP contribution is -2.62. The molecule has 224 valence electrons. The van der Waals surface area contributed by atoms with Gasteiger partial charge in [0.05, 0.1) is 25.5 Å². The van der Waals surface area contributed by atoms with E-state index in [0.717, 1.165) is 29.4 Å². The van der Waals surface area contributed by atoms with Gasteiger partial charge in [-0.3, -0.25) is 14.4 Å². The van der Waals surface area contributed by atoms with Crippen molar-refractivity contribution in [3.05, 3.63) is 54.1 Å². The van der Waals surface area contributed by atoms with E-state index in [-0.39, 0.29) is 25.1 Å². The lowest BCUT2D eigenvalue weighted by Gasteiger charge is -2.62. The monoisotopic (exact) mass is 585 g/mol. The highest BCUT2D eigenvalue weighted by Crippen LogP contribution is 2.61. The normalized spacial score (nSPS) is 31.7. The van der Waals surface area contributed by atoms with Crippen LogP contribution < -0.4 is 10.0 Å². The van der Waals surface area contributed by atoms with Gasteiger partial charge in [-0.15, -0.1) is 0 Å². The number of amides is 1. The van der Waals surface area contributed by atoms with Crippen LogP contribution in [0.25, 0.3) is 11.1 Å². The molecule has 41 heavy (non-hydrogen) atoms. The maximum Gasteiger partial charge on any atom is 0.240 e. The molecule has 6 rings (SSSR count). The number of carbonyl (C=O) groups is 1. The summed E-state index contributed by atoms with van der Waals surface area (Å²) in [6.07, 6.45) is 1.73. The standard InChI is InChI=1S/C31H43N3O6S/c1-18-25-14-23(31(25,3)4)15-26(18)32-30(37)29-28(19(2)36)27(17-35)40-34(29)16-20-7-6-8-22(13-20)21-9-11-24(12-10-21)33-41(5,38)39/h6-13,18-19,23,25-29,33,35-36H,14-17H2,1-5H3,(H,32,37)/t18-,19-,23-,25+,26-,27-,28+,29-/m0/s1. The van der Waals surface area contributed by atoms with Crippen LogP contribution in [0.2, 0.25) is 0 Å². The van der Waals surface area contributed by atoms with Crippen LogP contribution in [-0.2, 0) is 26.2 Å². The van der Waals surface area contributed by atoms with E-state index in [1.165, 1.54) is 6.42 Å². The molecule has 4 fully saturated rings. The average Bonchev–Trinajstić information content (AvgIpc) is 3.27. The molecule has 0 radical (unpaired) electrons. The second-order valence-electron chi connectivity index (χ2n) is 12.9. The fraction of sp³-hybridized carbons (Fsp3) is 0.581. The zero-order valence-electron chi connectivity index (χ0n) is 24.4. The van der Waals surface area contributed by atoms with E-state index in [4.69, 9.17) is 4.84 Å². The van der Waals surface area contributed by atoms with Gasteiger partial charge in [0.25, 0.3) is 0 Å². The average molecular weight is 586 g/mol. The van der Waals surface area contributed by atoms with Gasteiger partial charge in [0.15, 0.2) is 0 Å². The number of hydrogen-bond donors (Lipinski definition) is 4. The third-order valence-electron chi connectivity index (χ3n) is 9.85. The molecule has 2 bridgehead atoms. The SMILES string of the molecule is C[C@@H]1[C@@H](NC(=O)[C@@H]2[C@H]([C@H](C)O)[C@H](CO)ON2Cc2cccc(-c3ccc(NS(C)(=O)=O)cc3)c2)C[C@@H]2C[C@H]1C2(C)C. The molecule has 2 aromatic rings. The Morgan fingerprint density at radius 1 is 1.15 bits per heavy atom. The minimum atomic E-state index is -3.36. The summed E-state index contributed by atoms with van der Waals surface area (Å²) in [5.74, 6) is 0.792. The number of nitrogens with one attached hydrogen (secondary N) is 2. The van der Waals surface area contributed by atoms with Crippen molar-refractivity contribution in [2.24, 2.45) is 29.1 Å². The Labute approximate surface area is 243 Å². The molecule has 9 nitrogen and oxygen atoms in total. The van der Waals surface area contributed by atoms with Crippen LogP contribution in [0.5, 0.6) is 0 Å². The van der Waals surface area contributed by atoms with E-state index in [1.54, 1.807) is 24.1 Å². The number of carbonyl (C=O) groups excluding carboxylic acids is 1. The zero-order valence-corrected chi connectivity index (χ0v) is 25.3. The Morgan fingerprint density at radius 2 is 1.85 bits per heavy atom. The van der Waals surface area contributed by atoms with Gasteiger partial charge in [-0.05, 0) is 77.8 Å². The summed E-state index contributed by atoms with van der Waals surface area (Å²) in [7, 11) is -3.36. The van der Waals surface area contributed by atoms with Gasteiger partial charge in [-0.25, -0.2) is 8.42 Å². The van der Waals surface area contributed by atoms with Crippen molar-refractivity contribution in [2.75, 3.05) is 17.6 Å². The van der Waals surface area contributed by atoms with Gasteiger partial charge in [0.1, 0.15) is 12.1 Å². The summed E-state index contributed by atoms with van der Waals surface area (Å²) in [5.41, 5.74) is 3.53. The van der Waals surface area contributed by atoms with Gasteiger partial charge in [0.2, 0.25) is 15.9 Å². The van der Waals surface area contributed by atoms with Crippen molar-refractivity contribution in [3.63, 3.8) is 0 Å². The van der Waals surface area contributed by atoms with Gasteiger partial charge in [-0.1, -0.05) is 51.1 Å². The Morgan fingerprint density at radius 3 is 2.44 bits per heavy atom. The number of hydroxylamine groups is 2. The van der Waals surface area contributed by atoms with Crippen LogP contribution in [0, 0.1) is 29.1 Å². The maximum absolute atomic E-state index is 13.9. The van der Waals surface area contributed by atoms with E-state index >= 15 is 0 Å². The molecule has 8 atom stereocenters. The highest BCUT2D eigenvalue weighted by atomic mass is 32.2.